The van der Waals surface area contributed by atoms with E-state index in [4.69, 9.17) is 9.47 Å². The van der Waals surface area contributed by atoms with Gasteiger partial charge in [0.05, 0.1) is 25.9 Å². The Morgan fingerprint density at radius 1 is 1.47 bits per heavy atom. The van der Waals surface area contributed by atoms with Crippen molar-refractivity contribution < 1.29 is 9.47 Å². The highest BCUT2D eigenvalue weighted by molar-refractivity contribution is 7.12. The van der Waals surface area contributed by atoms with Crippen molar-refractivity contribution in [1.82, 2.24) is 5.32 Å². The molecule has 1 aliphatic rings. The fraction of sp³-hybridized carbons (Fsp3) is 0.692. The minimum absolute atomic E-state index is 0.205. The molecule has 2 heterocycles. The van der Waals surface area contributed by atoms with Gasteiger partial charge in [-0.1, -0.05) is 6.92 Å². The molecule has 17 heavy (non-hydrogen) atoms. The number of ether oxygens (including phenoxy) is 2. The summed E-state index contributed by atoms with van der Waals surface area (Å²) in [5.74, 6) is 0. The molecule has 1 aromatic heterocycles. The maximum Gasteiger partial charge on any atom is 0.0933 e. The monoisotopic (exact) mass is 255 g/mol. The first-order chi connectivity index (χ1) is 8.29. The van der Waals surface area contributed by atoms with Gasteiger partial charge < -0.3 is 14.8 Å². The van der Waals surface area contributed by atoms with Gasteiger partial charge in [0.1, 0.15) is 0 Å². The Labute approximate surface area is 107 Å². The molecule has 1 aliphatic heterocycles. The largest absolute Gasteiger partial charge is 0.376 e. The minimum atomic E-state index is 0.205. The zero-order valence-electron chi connectivity index (χ0n) is 10.6. The van der Waals surface area contributed by atoms with Crippen molar-refractivity contribution in [3.8, 4) is 0 Å². The van der Waals surface area contributed by atoms with E-state index in [0.717, 1.165) is 26.2 Å². The molecule has 1 aromatic rings. The Bertz CT molecular complexity index is 334. The van der Waals surface area contributed by atoms with Crippen molar-refractivity contribution in [2.75, 3.05) is 26.4 Å². The predicted octanol–water partition coefficient (Wildman–Crippen LogP) is 2.38. The molecule has 3 nitrogen and oxygen atoms in total. The predicted molar refractivity (Wildman–Crippen MR) is 70.7 cm³/mol. The summed E-state index contributed by atoms with van der Waals surface area (Å²) in [6.45, 7) is 7.43. The molecule has 2 rings (SSSR count). The molecule has 0 radical (unpaired) electrons. The summed E-state index contributed by atoms with van der Waals surface area (Å²) in [7, 11) is 0. The lowest BCUT2D eigenvalue weighted by Gasteiger charge is -2.24. The average Bonchev–Trinajstić information content (AvgIpc) is 2.86. The van der Waals surface area contributed by atoms with Crippen LogP contribution in [0.15, 0.2) is 12.1 Å². The highest BCUT2D eigenvalue weighted by Gasteiger charge is 2.16. The molecule has 96 valence electrons. The number of nitrogens with one attached hydrogen (secondary N) is 1. The third-order valence-corrected chi connectivity index (χ3v) is 4.41. The summed E-state index contributed by atoms with van der Waals surface area (Å²) >= 11 is 1.89. The maximum absolute atomic E-state index is 5.61. The van der Waals surface area contributed by atoms with Crippen LogP contribution in [0.4, 0.5) is 0 Å². The second-order valence-corrected chi connectivity index (χ2v) is 5.56. The summed E-state index contributed by atoms with van der Waals surface area (Å²) in [5.41, 5.74) is 0. The minimum Gasteiger partial charge on any atom is -0.376 e. The van der Waals surface area contributed by atoms with Gasteiger partial charge in [0.2, 0.25) is 0 Å². The molecule has 4 heteroatoms. The van der Waals surface area contributed by atoms with Gasteiger partial charge in [-0.3, -0.25) is 0 Å². The van der Waals surface area contributed by atoms with Crippen molar-refractivity contribution >= 4 is 11.3 Å². The molecular weight excluding hydrogens is 234 g/mol. The normalized spacial score (nSPS) is 22.6. The van der Waals surface area contributed by atoms with Crippen LogP contribution in [0.5, 0.6) is 0 Å². The first kappa shape index (κ1) is 13.0. The Morgan fingerprint density at radius 3 is 3.00 bits per heavy atom. The number of hydrogen-bond donors (Lipinski definition) is 1. The number of hydrogen-bond acceptors (Lipinski definition) is 4. The molecule has 2 unspecified atom stereocenters. The maximum atomic E-state index is 5.61. The van der Waals surface area contributed by atoms with Crippen molar-refractivity contribution in [1.29, 1.82) is 0 Å². The summed E-state index contributed by atoms with van der Waals surface area (Å²) in [6.07, 6.45) is 1.33. The second-order valence-electron chi connectivity index (χ2n) is 4.36. The van der Waals surface area contributed by atoms with E-state index < -0.39 is 0 Å². The summed E-state index contributed by atoms with van der Waals surface area (Å²) in [5, 5.41) is 3.51. The van der Waals surface area contributed by atoms with Gasteiger partial charge in [-0.05, 0) is 25.5 Å². The molecule has 0 saturated carbocycles. The molecular formula is C13H21NO2S. The second kappa shape index (κ2) is 6.50. The fourth-order valence-corrected chi connectivity index (χ4v) is 2.86. The first-order valence-electron chi connectivity index (χ1n) is 6.31. The van der Waals surface area contributed by atoms with Gasteiger partial charge in [-0.2, -0.15) is 0 Å². The zero-order valence-corrected chi connectivity index (χ0v) is 11.4. The summed E-state index contributed by atoms with van der Waals surface area (Å²) < 4.78 is 11.0. The van der Waals surface area contributed by atoms with Crippen molar-refractivity contribution in [2.45, 2.75) is 32.4 Å². The number of aryl methyl sites for hydroxylation is 1. The van der Waals surface area contributed by atoms with E-state index in [1.165, 1.54) is 9.75 Å². The molecule has 0 aliphatic carbocycles. The third kappa shape index (κ3) is 3.78. The lowest BCUT2D eigenvalue weighted by atomic mass is 10.2. The molecule has 1 fully saturated rings. The van der Waals surface area contributed by atoms with E-state index in [0.29, 0.717) is 12.6 Å². The molecule has 2 atom stereocenters. The van der Waals surface area contributed by atoms with Crippen LogP contribution in [-0.2, 0) is 15.9 Å². The van der Waals surface area contributed by atoms with Crippen LogP contribution in [-0.4, -0.2) is 32.5 Å². The topological polar surface area (TPSA) is 30.5 Å². The van der Waals surface area contributed by atoms with Gasteiger partial charge in [0.25, 0.3) is 0 Å². The van der Waals surface area contributed by atoms with Crippen molar-refractivity contribution in [3.05, 3.63) is 21.9 Å². The number of rotatable bonds is 5. The van der Waals surface area contributed by atoms with Crippen LogP contribution in [0.3, 0.4) is 0 Å². The number of thiophene rings is 1. The Hall–Kier alpha value is -0.420. The lowest BCUT2D eigenvalue weighted by molar-refractivity contribution is -0.0869. The highest BCUT2D eigenvalue weighted by Crippen LogP contribution is 2.23. The zero-order chi connectivity index (χ0) is 12.1. The first-order valence-corrected chi connectivity index (χ1v) is 7.12. The molecule has 0 spiro atoms. The third-order valence-electron chi connectivity index (χ3n) is 2.99. The average molecular weight is 255 g/mol. The van der Waals surface area contributed by atoms with Gasteiger partial charge in [0, 0.05) is 22.3 Å². The van der Waals surface area contributed by atoms with Crippen LogP contribution >= 0.6 is 11.3 Å². The lowest BCUT2D eigenvalue weighted by Crippen LogP contribution is -2.38. The van der Waals surface area contributed by atoms with E-state index in [9.17, 15) is 0 Å². The van der Waals surface area contributed by atoms with Crippen molar-refractivity contribution in [3.63, 3.8) is 0 Å². The van der Waals surface area contributed by atoms with E-state index in [2.05, 4.69) is 31.3 Å². The molecule has 1 saturated heterocycles. The van der Waals surface area contributed by atoms with Crippen LogP contribution in [0, 0.1) is 0 Å². The van der Waals surface area contributed by atoms with Crippen LogP contribution < -0.4 is 5.32 Å². The quantitative estimate of drug-likeness (QED) is 0.876. The van der Waals surface area contributed by atoms with Gasteiger partial charge in [0.15, 0.2) is 0 Å². The Morgan fingerprint density at radius 2 is 2.35 bits per heavy atom. The van der Waals surface area contributed by atoms with Gasteiger partial charge in [-0.25, -0.2) is 0 Å². The summed E-state index contributed by atoms with van der Waals surface area (Å²) in [6, 6.07) is 4.84. The fourth-order valence-electron chi connectivity index (χ4n) is 1.88. The smallest absolute Gasteiger partial charge is 0.0933 e. The van der Waals surface area contributed by atoms with Crippen LogP contribution in [0.1, 0.15) is 29.6 Å². The Balaban J connectivity index is 1.77. The molecule has 0 aromatic carbocycles. The Kier molecular flexibility index (Phi) is 4.98. The van der Waals surface area contributed by atoms with Crippen molar-refractivity contribution in [2.24, 2.45) is 0 Å². The molecule has 1 N–H and O–H groups in total. The van der Waals surface area contributed by atoms with Crippen LogP contribution in [0.25, 0.3) is 0 Å². The van der Waals surface area contributed by atoms with E-state index >= 15 is 0 Å². The van der Waals surface area contributed by atoms with Gasteiger partial charge in [-0.15, -0.1) is 11.3 Å². The van der Waals surface area contributed by atoms with E-state index in [-0.39, 0.29) is 6.10 Å². The van der Waals surface area contributed by atoms with E-state index in [1.54, 1.807) is 0 Å². The molecule has 0 amide bonds. The molecule has 0 bridgehead atoms. The standard InChI is InChI=1S/C13H21NO2S/c1-3-12-4-5-13(17-12)10(2)14-8-11-9-15-6-7-16-11/h4-5,10-11,14H,3,6-9H2,1-2H3. The SMILES string of the molecule is CCc1ccc(C(C)NCC2COCCO2)s1. The van der Waals surface area contributed by atoms with E-state index in [1.807, 2.05) is 11.3 Å². The highest BCUT2D eigenvalue weighted by atomic mass is 32.1. The van der Waals surface area contributed by atoms with Gasteiger partial charge >= 0.3 is 0 Å². The van der Waals surface area contributed by atoms with Crippen LogP contribution in [0.2, 0.25) is 0 Å². The summed E-state index contributed by atoms with van der Waals surface area (Å²) in [4.78, 5) is 2.85.